The molecule has 1 aliphatic heterocycles. The van der Waals surface area contributed by atoms with E-state index in [1.165, 1.54) is 33.0 Å². The van der Waals surface area contributed by atoms with Crippen LogP contribution in [0, 0.1) is 0 Å². The van der Waals surface area contributed by atoms with Crippen molar-refractivity contribution in [1.82, 2.24) is 19.1 Å². The largest absolute Gasteiger partial charge is 0.457 e. The zero-order valence-corrected chi connectivity index (χ0v) is 38.9. The Kier molecular flexibility index (Phi) is 8.80. The highest BCUT2D eigenvalue weighted by Crippen LogP contribution is 2.63. The number of hydrogen-bond acceptors (Lipinski definition) is 3. The summed E-state index contributed by atoms with van der Waals surface area (Å²) in [4.78, 5) is 10.7. The van der Waals surface area contributed by atoms with Crippen molar-refractivity contribution in [3.8, 4) is 79.0 Å². The Bertz CT molecular complexity index is 4120. The fourth-order valence-electron chi connectivity index (χ4n) is 11.9. The van der Waals surface area contributed by atoms with Gasteiger partial charge in [0.05, 0.1) is 27.5 Å². The Labute approximate surface area is 416 Å². The summed E-state index contributed by atoms with van der Waals surface area (Å²) in [5.41, 5.74) is 19.3. The Balaban J connectivity index is 0.920. The molecule has 5 heteroatoms. The lowest BCUT2D eigenvalue weighted by molar-refractivity contribution is 0.436. The van der Waals surface area contributed by atoms with Gasteiger partial charge in [-0.15, -0.1) is 0 Å². The van der Waals surface area contributed by atoms with Gasteiger partial charge in [0.1, 0.15) is 23.1 Å². The van der Waals surface area contributed by atoms with Gasteiger partial charge in [-0.05, 0) is 140 Å². The quantitative estimate of drug-likeness (QED) is 0.167. The first-order chi connectivity index (χ1) is 35.7. The van der Waals surface area contributed by atoms with Crippen LogP contribution >= 0.6 is 0 Å². The Morgan fingerprint density at radius 1 is 0.333 bits per heavy atom. The number of para-hydroxylation sites is 8. The van der Waals surface area contributed by atoms with Crippen LogP contribution in [0.4, 0.5) is 0 Å². The Morgan fingerprint density at radius 2 is 0.819 bits per heavy atom. The molecule has 15 rings (SSSR count). The van der Waals surface area contributed by atoms with Crippen LogP contribution in [0.5, 0.6) is 11.5 Å². The molecule has 0 saturated heterocycles. The first-order valence-corrected chi connectivity index (χ1v) is 24.6. The summed E-state index contributed by atoms with van der Waals surface area (Å²) in [5.74, 6) is 3.50. The highest BCUT2D eigenvalue weighted by molar-refractivity contribution is 6.05. The highest BCUT2D eigenvalue weighted by Gasteiger charge is 2.51. The molecule has 5 nitrogen and oxygen atoms in total. The molecule has 1 spiro atoms. The molecule has 0 N–H and O–H groups in total. The highest BCUT2D eigenvalue weighted by atomic mass is 16.5. The van der Waals surface area contributed by atoms with Gasteiger partial charge < -0.3 is 4.74 Å². The SMILES string of the molecule is c1ccc(-n2c(-c3cc(-c4ccc(-c5ccc6c(c5)C5(c7ccccc7Oc7ccccc75)c5ccc7ccccc7c5-6)cc4)cc(-c4nc5ccccc5n4-c4ccccc4)c3)nc3ccccc32)cc1. The summed E-state index contributed by atoms with van der Waals surface area (Å²) < 4.78 is 11.3. The van der Waals surface area contributed by atoms with Gasteiger partial charge in [-0.3, -0.25) is 9.13 Å². The van der Waals surface area contributed by atoms with Crippen LogP contribution in [0.3, 0.4) is 0 Å². The average Bonchev–Trinajstić information content (AvgIpc) is 4.13. The van der Waals surface area contributed by atoms with Crippen molar-refractivity contribution in [2.75, 3.05) is 0 Å². The molecule has 0 radical (unpaired) electrons. The lowest BCUT2D eigenvalue weighted by Crippen LogP contribution is -2.32. The van der Waals surface area contributed by atoms with Crippen molar-refractivity contribution in [1.29, 1.82) is 0 Å². The van der Waals surface area contributed by atoms with Crippen molar-refractivity contribution < 1.29 is 4.74 Å². The van der Waals surface area contributed by atoms with Crippen LogP contribution in [-0.2, 0) is 5.41 Å². The average molecular weight is 919 g/mol. The van der Waals surface area contributed by atoms with Crippen molar-refractivity contribution in [3.63, 3.8) is 0 Å². The van der Waals surface area contributed by atoms with Gasteiger partial charge in [-0.25, -0.2) is 9.97 Å². The monoisotopic (exact) mass is 918 g/mol. The van der Waals surface area contributed by atoms with Gasteiger partial charge in [0.15, 0.2) is 0 Å². The first kappa shape index (κ1) is 40.3. The smallest absolute Gasteiger partial charge is 0.145 e. The number of aromatic nitrogens is 4. The van der Waals surface area contributed by atoms with E-state index in [9.17, 15) is 0 Å². The molecule has 3 heterocycles. The van der Waals surface area contributed by atoms with Gasteiger partial charge >= 0.3 is 0 Å². The zero-order valence-electron chi connectivity index (χ0n) is 38.9. The van der Waals surface area contributed by atoms with Crippen LogP contribution in [-0.4, -0.2) is 19.1 Å². The lowest BCUT2D eigenvalue weighted by Gasteiger charge is -2.39. The van der Waals surface area contributed by atoms with Crippen LogP contribution in [0.25, 0.3) is 100 Å². The molecular weight excluding hydrogens is 877 g/mol. The van der Waals surface area contributed by atoms with Crippen molar-refractivity contribution >= 4 is 32.8 Å². The maximum Gasteiger partial charge on any atom is 0.145 e. The van der Waals surface area contributed by atoms with Crippen molar-refractivity contribution in [2.45, 2.75) is 5.41 Å². The van der Waals surface area contributed by atoms with Gasteiger partial charge in [0.2, 0.25) is 0 Å². The van der Waals surface area contributed by atoms with Gasteiger partial charge in [-0.1, -0.05) is 170 Å². The summed E-state index contributed by atoms with van der Waals surface area (Å²) in [5, 5.41) is 2.49. The normalized spacial score (nSPS) is 12.9. The number of hydrogen-bond donors (Lipinski definition) is 0. The van der Waals surface area contributed by atoms with Gasteiger partial charge in [0, 0.05) is 33.6 Å². The summed E-state index contributed by atoms with van der Waals surface area (Å²) in [6.07, 6.45) is 0. The molecule has 13 aromatic rings. The topological polar surface area (TPSA) is 44.9 Å². The molecule has 11 aromatic carbocycles. The third-order valence-electron chi connectivity index (χ3n) is 15.0. The van der Waals surface area contributed by atoms with Crippen LogP contribution in [0.2, 0.25) is 0 Å². The van der Waals surface area contributed by atoms with Crippen LogP contribution in [0.15, 0.2) is 255 Å². The second-order valence-corrected chi connectivity index (χ2v) is 18.9. The molecule has 0 fully saturated rings. The van der Waals surface area contributed by atoms with E-state index in [0.717, 1.165) is 101 Å². The summed E-state index contributed by atoms with van der Waals surface area (Å²) >= 11 is 0. The predicted molar refractivity (Wildman–Crippen MR) is 292 cm³/mol. The number of rotatable bonds is 6. The van der Waals surface area contributed by atoms with E-state index in [4.69, 9.17) is 14.7 Å². The third kappa shape index (κ3) is 5.95. The maximum absolute atomic E-state index is 6.70. The first-order valence-electron chi connectivity index (χ1n) is 24.6. The fraction of sp³-hybridized carbons (Fsp3) is 0.0149. The second-order valence-electron chi connectivity index (χ2n) is 18.9. The number of fused-ring (bicyclic) bond motifs is 13. The van der Waals surface area contributed by atoms with E-state index in [-0.39, 0.29) is 0 Å². The standard InChI is InChI=1S/C67H42N4O/c1-3-18-50(19-4-1)70-60-27-13-11-25-58(60)68-65(70)48-39-47(40-49(41-48)66-69-59-26-12-14-28-61(59)71(66)51-20-5-2-6-21-51)44-33-31-43(32-34-44)46-35-37-53-57(42-46)67(56-38-36-45-17-7-8-22-52(45)64(53)56)54-23-9-15-29-62(54)72-63-30-16-10-24-55(63)67/h1-42H. The van der Waals surface area contributed by atoms with Crippen molar-refractivity contribution in [2.24, 2.45) is 0 Å². The number of nitrogens with zero attached hydrogens (tertiary/aromatic N) is 4. The minimum absolute atomic E-state index is 0.584. The zero-order chi connectivity index (χ0) is 47.3. The summed E-state index contributed by atoms with van der Waals surface area (Å²) in [6.45, 7) is 0. The summed E-state index contributed by atoms with van der Waals surface area (Å²) in [6, 6.07) is 91.5. The number of imidazole rings is 2. The van der Waals surface area contributed by atoms with Gasteiger partial charge in [-0.2, -0.15) is 0 Å². The molecule has 1 aliphatic carbocycles. The molecule has 336 valence electrons. The minimum atomic E-state index is -0.584. The number of benzene rings is 11. The molecular formula is C67H42N4O. The van der Waals surface area contributed by atoms with E-state index in [0.29, 0.717) is 0 Å². The predicted octanol–water partition coefficient (Wildman–Crippen LogP) is 16.7. The second kappa shape index (κ2) is 15.7. The number of ether oxygens (including phenoxy) is 1. The lowest BCUT2D eigenvalue weighted by atomic mass is 9.66. The Hall–Kier alpha value is -9.58. The Morgan fingerprint density at radius 3 is 1.43 bits per heavy atom. The minimum Gasteiger partial charge on any atom is -0.457 e. The van der Waals surface area contributed by atoms with Crippen LogP contribution in [0.1, 0.15) is 22.3 Å². The van der Waals surface area contributed by atoms with Crippen LogP contribution < -0.4 is 4.74 Å². The molecule has 2 aromatic heterocycles. The summed E-state index contributed by atoms with van der Waals surface area (Å²) in [7, 11) is 0. The van der Waals surface area contributed by atoms with E-state index in [2.05, 4.69) is 264 Å². The molecule has 0 bridgehead atoms. The van der Waals surface area contributed by atoms with Gasteiger partial charge in [0.25, 0.3) is 0 Å². The van der Waals surface area contributed by atoms with E-state index in [1.54, 1.807) is 0 Å². The molecule has 0 atom stereocenters. The fourth-order valence-corrected chi connectivity index (χ4v) is 11.9. The van der Waals surface area contributed by atoms with E-state index in [1.807, 2.05) is 0 Å². The molecule has 0 saturated carbocycles. The maximum atomic E-state index is 6.70. The molecule has 72 heavy (non-hydrogen) atoms. The van der Waals surface area contributed by atoms with Crippen molar-refractivity contribution in [3.05, 3.63) is 277 Å². The molecule has 0 amide bonds. The van der Waals surface area contributed by atoms with E-state index >= 15 is 0 Å². The van der Waals surface area contributed by atoms with E-state index < -0.39 is 5.41 Å². The molecule has 2 aliphatic rings. The third-order valence-corrected chi connectivity index (χ3v) is 15.0. The molecule has 0 unspecified atom stereocenters.